The minimum atomic E-state index is 0.421. The molecule has 0 unspecified atom stereocenters. The van der Waals surface area contributed by atoms with E-state index in [-0.39, 0.29) is 0 Å². The van der Waals surface area contributed by atoms with Crippen LogP contribution in [0.1, 0.15) is 12.0 Å². The maximum absolute atomic E-state index is 8.31. The molecule has 0 spiro atoms. The molecule has 0 aliphatic rings. The Bertz CT molecular complexity index is 339. The lowest BCUT2D eigenvalue weighted by Crippen LogP contribution is -1.86. The molecule has 3 heteroatoms. The quantitative estimate of drug-likeness (QED) is 0.704. The van der Waals surface area contributed by atoms with Gasteiger partial charge in [0.2, 0.25) is 5.88 Å². The Morgan fingerprint density at radius 3 is 3.23 bits per heavy atom. The molecule has 0 saturated heterocycles. The highest BCUT2D eigenvalue weighted by Gasteiger charge is 1.91. The van der Waals surface area contributed by atoms with Gasteiger partial charge in [0.15, 0.2) is 0 Å². The van der Waals surface area contributed by atoms with Crippen molar-refractivity contribution in [1.82, 2.24) is 4.98 Å². The summed E-state index contributed by atoms with van der Waals surface area (Å²) in [6, 6.07) is 5.70. The van der Waals surface area contributed by atoms with Gasteiger partial charge in [-0.1, -0.05) is 12.2 Å². The summed E-state index contributed by atoms with van der Waals surface area (Å²) < 4.78 is 4.95. The lowest BCUT2D eigenvalue weighted by Gasteiger charge is -1.97. The Balaban J connectivity index is 2.73. The summed E-state index contributed by atoms with van der Waals surface area (Å²) in [7, 11) is 1.57. The van der Waals surface area contributed by atoms with Crippen molar-refractivity contribution >= 4 is 6.08 Å². The van der Waals surface area contributed by atoms with Crippen LogP contribution in [-0.2, 0) is 0 Å². The second-order valence-electron chi connectivity index (χ2n) is 2.40. The smallest absolute Gasteiger partial charge is 0.213 e. The van der Waals surface area contributed by atoms with Gasteiger partial charge in [-0.15, -0.1) is 0 Å². The highest BCUT2D eigenvalue weighted by atomic mass is 16.5. The van der Waals surface area contributed by atoms with Crippen LogP contribution in [0, 0.1) is 11.3 Å². The normalized spacial score (nSPS) is 9.85. The molecular weight excluding hydrogens is 164 g/mol. The van der Waals surface area contributed by atoms with Gasteiger partial charge in [-0.25, -0.2) is 4.98 Å². The van der Waals surface area contributed by atoms with Crippen LogP contribution in [0.4, 0.5) is 0 Å². The third-order valence-electron chi connectivity index (χ3n) is 1.49. The van der Waals surface area contributed by atoms with Crippen molar-refractivity contribution in [3.8, 4) is 11.9 Å². The van der Waals surface area contributed by atoms with Crippen molar-refractivity contribution in [1.29, 1.82) is 5.26 Å². The van der Waals surface area contributed by atoms with Crippen LogP contribution in [0.2, 0.25) is 0 Å². The monoisotopic (exact) mass is 174 g/mol. The molecule has 1 aromatic rings. The number of aromatic nitrogens is 1. The predicted octanol–water partition coefficient (Wildman–Crippen LogP) is 2.02. The summed E-state index contributed by atoms with van der Waals surface area (Å²) in [6.07, 6.45) is 5.76. The highest BCUT2D eigenvalue weighted by Crippen LogP contribution is 2.09. The molecule has 3 nitrogen and oxygen atoms in total. The van der Waals surface area contributed by atoms with E-state index in [0.717, 1.165) is 5.56 Å². The van der Waals surface area contributed by atoms with Crippen LogP contribution in [0.15, 0.2) is 24.4 Å². The summed E-state index contributed by atoms with van der Waals surface area (Å²) in [5.41, 5.74) is 0.988. The van der Waals surface area contributed by atoms with E-state index in [0.29, 0.717) is 12.3 Å². The molecule has 13 heavy (non-hydrogen) atoms. The zero-order chi connectivity index (χ0) is 9.52. The fraction of sp³-hybridized carbons (Fsp3) is 0.200. The first kappa shape index (κ1) is 9.27. The van der Waals surface area contributed by atoms with Gasteiger partial charge in [-0.05, 0) is 11.6 Å². The van der Waals surface area contributed by atoms with E-state index in [1.165, 1.54) is 0 Å². The van der Waals surface area contributed by atoms with Gasteiger partial charge < -0.3 is 4.74 Å². The van der Waals surface area contributed by atoms with E-state index in [1.807, 2.05) is 24.3 Å². The Labute approximate surface area is 77.3 Å². The van der Waals surface area contributed by atoms with Crippen LogP contribution in [0.5, 0.6) is 5.88 Å². The molecule has 1 heterocycles. The van der Waals surface area contributed by atoms with Crippen molar-refractivity contribution in [2.75, 3.05) is 7.11 Å². The van der Waals surface area contributed by atoms with Crippen LogP contribution < -0.4 is 4.74 Å². The van der Waals surface area contributed by atoms with Gasteiger partial charge in [-0.3, -0.25) is 0 Å². The van der Waals surface area contributed by atoms with Gasteiger partial charge >= 0.3 is 0 Å². The first-order valence-electron chi connectivity index (χ1n) is 3.90. The van der Waals surface area contributed by atoms with Gasteiger partial charge in [0.05, 0.1) is 19.6 Å². The highest BCUT2D eigenvalue weighted by molar-refractivity contribution is 5.50. The van der Waals surface area contributed by atoms with Crippen molar-refractivity contribution in [2.45, 2.75) is 6.42 Å². The minimum absolute atomic E-state index is 0.421. The standard InChI is InChI=1S/C10H10N2O/c1-13-10-8-9(5-7-12-10)4-2-3-6-11/h2,4-5,7-8H,3H2,1H3. The molecule has 66 valence electrons. The molecule has 0 fully saturated rings. The Morgan fingerprint density at radius 2 is 2.54 bits per heavy atom. The van der Waals surface area contributed by atoms with Crippen LogP contribution in [-0.4, -0.2) is 12.1 Å². The van der Waals surface area contributed by atoms with E-state index in [1.54, 1.807) is 19.4 Å². The van der Waals surface area contributed by atoms with E-state index in [4.69, 9.17) is 10.00 Å². The summed E-state index contributed by atoms with van der Waals surface area (Å²) in [5.74, 6) is 0.583. The molecule has 0 aliphatic carbocycles. The van der Waals surface area contributed by atoms with E-state index >= 15 is 0 Å². The molecule has 0 radical (unpaired) electrons. The van der Waals surface area contributed by atoms with Crippen LogP contribution >= 0.6 is 0 Å². The first-order chi connectivity index (χ1) is 6.36. The molecule has 1 aromatic heterocycles. The molecule has 0 amide bonds. The molecule has 0 aromatic carbocycles. The number of hydrogen-bond acceptors (Lipinski definition) is 3. The lowest BCUT2D eigenvalue weighted by molar-refractivity contribution is 0.398. The van der Waals surface area contributed by atoms with Crippen molar-refractivity contribution in [3.63, 3.8) is 0 Å². The third-order valence-corrected chi connectivity index (χ3v) is 1.49. The second kappa shape index (κ2) is 4.94. The maximum Gasteiger partial charge on any atom is 0.213 e. The Hall–Kier alpha value is -1.82. The molecule has 0 bridgehead atoms. The summed E-state index contributed by atoms with van der Waals surface area (Å²) in [6.45, 7) is 0. The number of nitriles is 1. The third kappa shape index (κ3) is 2.96. The lowest BCUT2D eigenvalue weighted by atomic mass is 10.2. The fourth-order valence-electron chi connectivity index (χ4n) is 0.888. The number of pyridine rings is 1. The second-order valence-corrected chi connectivity index (χ2v) is 2.40. The number of methoxy groups -OCH3 is 1. The van der Waals surface area contributed by atoms with Crippen molar-refractivity contribution in [2.24, 2.45) is 0 Å². The van der Waals surface area contributed by atoms with E-state index in [9.17, 15) is 0 Å². The largest absolute Gasteiger partial charge is 0.481 e. The molecular formula is C10H10N2O. The van der Waals surface area contributed by atoms with Crippen molar-refractivity contribution in [3.05, 3.63) is 30.0 Å². The molecule has 1 rings (SSSR count). The fourth-order valence-corrected chi connectivity index (χ4v) is 0.888. The van der Waals surface area contributed by atoms with Gasteiger partial charge in [0.25, 0.3) is 0 Å². The zero-order valence-electron chi connectivity index (χ0n) is 7.40. The van der Waals surface area contributed by atoms with Gasteiger partial charge in [0, 0.05) is 12.3 Å². The number of allylic oxidation sites excluding steroid dienone is 1. The number of nitrogens with zero attached hydrogens (tertiary/aromatic N) is 2. The summed E-state index contributed by atoms with van der Waals surface area (Å²) >= 11 is 0. The average Bonchev–Trinajstić information content (AvgIpc) is 2.19. The first-order valence-corrected chi connectivity index (χ1v) is 3.90. The minimum Gasteiger partial charge on any atom is -0.481 e. The van der Waals surface area contributed by atoms with E-state index in [2.05, 4.69) is 4.98 Å². The number of ether oxygens (including phenoxy) is 1. The van der Waals surface area contributed by atoms with Crippen LogP contribution in [0.3, 0.4) is 0 Å². The average molecular weight is 174 g/mol. The number of rotatable bonds is 3. The Kier molecular flexibility index (Phi) is 3.52. The van der Waals surface area contributed by atoms with Gasteiger partial charge in [0.1, 0.15) is 0 Å². The predicted molar refractivity (Wildman–Crippen MR) is 50.1 cm³/mol. The molecule has 0 atom stereocenters. The van der Waals surface area contributed by atoms with Crippen LogP contribution in [0.25, 0.3) is 6.08 Å². The van der Waals surface area contributed by atoms with Gasteiger partial charge in [-0.2, -0.15) is 5.26 Å². The Morgan fingerprint density at radius 1 is 1.69 bits per heavy atom. The topological polar surface area (TPSA) is 45.9 Å². The SMILES string of the molecule is COc1cc(C=CCC#N)ccn1. The van der Waals surface area contributed by atoms with Crippen molar-refractivity contribution < 1.29 is 4.74 Å². The molecule has 0 saturated carbocycles. The molecule has 0 N–H and O–H groups in total. The van der Waals surface area contributed by atoms with E-state index < -0.39 is 0 Å². The zero-order valence-corrected chi connectivity index (χ0v) is 7.40. The number of hydrogen-bond donors (Lipinski definition) is 0. The molecule has 0 aliphatic heterocycles. The maximum atomic E-state index is 8.31. The summed E-state index contributed by atoms with van der Waals surface area (Å²) in [4.78, 5) is 3.96. The summed E-state index contributed by atoms with van der Waals surface area (Å²) in [5, 5.41) is 8.31.